The van der Waals surface area contributed by atoms with Crippen LogP contribution in [0.1, 0.15) is 123 Å². The Morgan fingerprint density at radius 1 is 0.923 bits per heavy atom. The van der Waals surface area contributed by atoms with Crippen molar-refractivity contribution in [1.82, 2.24) is 4.90 Å². The number of aliphatic hydroxyl groups excluding tert-OH is 1. The Morgan fingerprint density at radius 3 is 2.28 bits per heavy atom. The maximum atomic E-state index is 14.5. The van der Waals surface area contributed by atoms with Crippen molar-refractivity contribution in [3.8, 4) is 5.75 Å². The van der Waals surface area contributed by atoms with Gasteiger partial charge in [-0.25, -0.2) is 9.59 Å². The van der Waals surface area contributed by atoms with E-state index in [1.165, 1.54) is 31.3 Å². The van der Waals surface area contributed by atoms with Gasteiger partial charge in [-0.05, 0) is 114 Å². The second-order valence-electron chi connectivity index (χ2n) is 19.1. The number of hydrogen-bond donors (Lipinski definition) is 3. The van der Waals surface area contributed by atoms with Crippen LogP contribution >= 0.6 is 0 Å². The lowest BCUT2D eigenvalue weighted by molar-refractivity contribution is -0.302. The summed E-state index contributed by atoms with van der Waals surface area (Å²) in [5.74, 6) is -8.44. The van der Waals surface area contributed by atoms with E-state index in [4.69, 9.17) is 28.4 Å². The number of carboxylic acid groups (broad SMARTS) is 1. The van der Waals surface area contributed by atoms with E-state index in [1.54, 1.807) is 33.1 Å². The quantitative estimate of drug-likeness (QED) is 0.142. The van der Waals surface area contributed by atoms with Crippen molar-refractivity contribution in [3.63, 3.8) is 0 Å². The van der Waals surface area contributed by atoms with Gasteiger partial charge in [-0.1, -0.05) is 51.5 Å². The summed E-state index contributed by atoms with van der Waals surface area (Å²) in [6, 6.07) is 5.14. The molecule has 3 heterocycles. The number of carbonyl (C=O) groups is 5. The first-order chi connectivity index (χ1) is 30.8. The Bertz CT molecular complexity index is 1900. The highest BCUT2D eigenvalue weighted by Gasteiger charge is 2.56. The molecule has 2 saturated heterocycles. The number of aromatic carboxylic acids is 1. The number of benzene rings is 1. The van der Waals surface area contributed by atoms with E-state index in [0.717, 1.165) is 5.57 Å². The third kappa shape index (κ3) is 12.5. The van der Waals surface area contributed by atoms with E-state index < -0.39 is 83.7 Å². The lowest BCUT2D eigenvalue weighted by atomic mass is 9.81. The SMILES string of the molecule is CCC1C=C(C)CC(C)CC(OC)C2OC(O)(C(=O)C(=O)N3CCCCC3C(=O)OC(C(C)=CC3CCC(Oc4cccc(C(=O)O)c4)C(OC)C3)C(C)C(O)CC1=O)C(C)CC2OC. The molecule has 1 saturated carbocycles. The van der Waals surface area contributed by atoms with Gasteiger partial charge in [-0.3, -0.25) is 14.4 Å². The van der Waals surface area contributed by atoms with Gasteiger partial charge in [0.05, 0.1) is 30.0 Å². The summed E-state index contributed by atoms with van der Waals surface area (Å²) in [7, 11) is 4.64. The first kappa shape index (κ1) is 52.0. The predicted octanol–water partition coefficient (Wildman–Crippen LogP) is 6.26. The fraction of sp³-hybridized carbons (Fsp3) is 0.700. The normalized spacial score (nSPS) is 36.5. The van der Waals surface area contributed by atoms with Crippen LogP contribution in [0.3, 0.4) is 0 Å². The lowest BCUT2D eigenvalue weighted by Gasteiger charge is -2.47. The van der Waals surface area contributed by atoms with Crippen LogP contribution in [0.4, 0.5) is 0 Å². The van der Waals surface area contributed by atoms with E-state index in [9.17, 15) is 39.3 Å². The minimum absolute atomic E-state index is 0.0137. The number of fused-ring (bicyclic) bond motifs is 3. The molecule has 14 atom stereocenters. The molecule has 1 aromatic carbocycles. The number of esters is 1. The maximum Gasteiger partial charge on any atom is 0.335 e. The van der Waals surface area contributed by atoms with Gasteiger partial charge in [0.25, 0.3) is 11.7 Å². The molecule has 0 radical (unpaired) electrons. The average molecular weight is 912 g/mol. The van der Waals surface area contributed by atoms with Crippen molar-refractivity contribution in [2.75, 3.05) is 27.9 Å². The molecule has 5 rings (SSSR count). The van der Waals surface area contributed by atoms with Crippen molar-refractivity contribution in [2.24, 2.45) is 29.6 Å². The number of methoxy groups -OCH3 is 3. The largest absolute Gasteiger partial charge is 0.488 e. The van der Waals surface area contributed by atoms with Crippen LogP contribution in [0, 0.1) is 29.6 Å². The number of ketones is 2. The van der Waals surface area contributed by atoms with Gasteiger partial charge in [0.2, 0.25) is 5.79 Å². The van der Waals surface area contributed by atoms with Crippen LogP contribution in [-0.2, 0) is 42.9 Å². The number of amides is 1. The minimum Gasteiger partial charge on any atom is -0.488 e. The third-order valence-electron chi connectivity index (χ3n) is 14.2. The minimum atomic E-state index is -2.53. The molecule has 1 aliphatic carbocycles. The highest BCUT2D eigenvalue weighted by atomic mass is 16.7. The lowest BCUT2D eigenvalue weighted by Crippen LogP contribution is -2.64. The number of carbonyl (C=O) groups excluding carboxylic acids is 4. The molecule has 3 fully saturated rings. The smallest absolute Gasteiger partial charge is 0.335 e. The Kier molecular flexibility index (Phi) is 18.5. The number of aliphatic hydroxyl groups is 2. The highest BCUT2D eigenvalue weighted by molar-refractivity contribution is 6.39. The number of piperidine rings is 1. The van der Waals surface area contributed by atoms with Gasteiger partial charge in [-0.2, -0.15) is 0 Å². The molecule has 15 heteroatoms. The average Bonchev–Trinajstić information content (AvgIpc) is 3.29. The Morgan fingerprint density at radius 2 is 1.62 bits per heavy atom. The molecule has 3 N–H and O–H groups in total. The molecule has 15 nitrogen and oxygen atoms in total. The molecule has 0 spiro atoms. The second-order valence-corrected chi connectivity index (χ2v) is 19.1. The molecule has 1 aromatic rings. The zero-order chi connectivity index (χ0) is 47.7. The van der Waals surface area contributed by atoms with Gasteiger partial charge in [0.15, 0.2) is 0 Å². The van der Waals surface area contributed by atoms with Gasteiger partial charge in [0, 0.05) is 52.0 Å². The fourth-order valence-corrected chi connectivity index (χ4v) is 10.4. The molecule has 14 unspecified atom stereocenters. The number of nitrogens with zero attached hydrogens (tertiary/aromatic N) is 1. The van der Waals surface area contributed by atoms with E-state index in [-0.39, 0.29) is 61.2 Å². The molecular weight excluding hydrogens is 839 g/mol. The second kappa shape index (κ2) is 23.1. The van der Waals surface area contributed by atoms with Crippen LogP contribution in [0.5, 0.6) is 5.75 Å². The van der Waals surface area contributed by atoms with Crippen LogP contribution in [0.25, 0.3) is 0 Å². The predicted molar refractivity (Wildman–Crippen MR) is 240 cm³/mol. The molecule has 0 aromatic heterocycles. The van der Waals surface area contributed by atoms with Crippen LogP contribution in [0.2, 0.25) is 0 Å². The first-order valence-electron chi connectivity index (χ1n) is 23.5. The summed E-state index contributed by atoms with van der Waals surface area (Å²) < 4.78 is 36.5. The topological polar surface area (TPSA) is 205 Å². The number of carboxylic acids is 1. The van der Waals surface area contributed by atoms with E-state index >= 15 is 0 Å². The van der Waals surface area contributed by atoms with Crippen LogP contribution < -0.4 is 4.74 Å². The summed E-state index contributed by atoms with van der Waals surface area (Å²) >= 11 is 0. The van der Waals surface area contributed by atoms with Crippen LogP contribution in [-0.4, -0.2) is 132 Å². The monoisotopic (exact) mass is 912 g/mol. The number of rotatable bonds is 9. The Labute approximate surface area is 384 Å². The summed E-state index contributed by atoms with van der Waals surface area (Å²) in [5.41, 5.74) is 1.72. The third-order valence-corrected chi connectivity index (χ3v) is 14.2. The van der Waals surface area contributed by atoms with Crippen molar-refractivity contribution < 1.29 is 67.7 Å². The number of hydrogen-bond acceptors (Lipinski definition) is 13. The summed E-state index contributed by atoms with van der Waals surface area (Å²) in [5, 5.41) is 33.4. The highest BCUT2D eigenvalue weighted by Crippen LogP contribution is 2.39. The van der Waals surface area contributed by atoms with E-state index in [1.807, 2.05) is 39.8 Å². The fourth-order valence-electron chi connectivity index (χ4n) is 10.4. The zero-order valence-electron chi connectivity index (χ0n) is 39.7. The maximum absolute atomic E-state index is 14.5. The molecule has 2 bridgehead atoms. The van der Waals surface area contributed by atoms with E-state index in [0.29, 0.717) is 62.7 Å². The molecule has 3 aliphatic heterocycles. The van der Waals surface area contributed by atoms with Gasteiger partial charge in [0.1, 0.15) is 35.9 Å². The molecule has 65 heavy (non-hydrogen) atoms. The zero-order valence-corrected chi connectivity index (χ0v) is 39.7. The Hall–Kier alpha value is -3.99. The molecule has 1 amide bonds. The number of allylic oxidation sites excluding steroid dienone is 3. The summed E-state index contributed by atoms with van der Waals surface area (Å²) in [6.07, 6.45) is 3.58. The molecular formula is C50H73NO14. The number of Topliss-reactive ketones (excluding diaryl/α,β-unsaturated/α-hetero) is 2. The van der Waals surface area contributed by atoms with Crippen molar-refractivity contribution in [2.45, 2.75) is 167 Å². The number of ether oxygens (including phenoxy) is 6. The summed E-state index contributed by atoms with van der Waals surface area (Å²) in [4.78, 5) is 69.9. The summed E-state index contributed by atoms with van der Waals surface area (Å²) in [6.45, 7) is 11.2. The Balaban J connectivity index is 1.48. The van der Waals surface area contributed by atoms with Crippen LogP contribution in [0.15, 0.2) is 47.6 Å². The van der Waals surface area contributed by atoms with Crippen molar-refractivity contribution in [1.29, 1.82) is 0 Å². The van der Waals surface area contributed by atoms with Gasteiger partial charge in [-0.15, -0.1) is 0 Å². The molecule has 4 aliphatic rings. The first-order valence-corrected chi connectivity index (χ1v) is 23.5. The molecule has 362 valence electrons. The van der Waals surface area contributed by atoms with Gasteiger partial charge >= 0.3 is 11.9 Å². The van der Waals surface area contributed by atoms with Crippen molar-refractivity contribution >= 4 is 29.4 Å². The standard InChI is InChI=1S/C50H73NO14/c1-10-34-21-28(2)20-29(3)22-42(61-8)45-43(62-9)24-31(5)50(59,65-45)46(54)47(55)51-19-12-11-16-37(51)49(58)64-44(32(6)38(52)27-39(34)53)30(4)23-33-17-18-40(41(25-33)60-7)63-36-15-13-14-35(26-36)48(56)57/h13-15,21,23,26,29,31-34,37-38,40-45,52,59H,10-12,16-20,22,24-25,27H2,1-9H3,(H,56,57). The number of cyclic esters (lactones) is 1. The van der Waals surface area contributed by atoms with Gasteiger partial charge < -0.3 is 48.6 Å². The van der Waals surface area contributed by atoms with Crippen molar-refractivity contribution in [3.05, 3.63) is 53.1 Å². The van der Waals surface area contributed by atoms with E-state index in [2.05, 4.69) is 0 Å².